The van der Waals surface area contributed by atoms with Gasteiger partial charge in [-0.05, 0) is 36.8 Å². The van der Waals surface area contributed by atoms with Crippen molar-refractivity contribution in [2.75, 3.05) is 25.5 Å². The van der Waals surface area contributed by atoms with Gasteiger partial charge in [-0.1, -0.05) is 29.8 Å². The van der Waals surface area contributed by atoms with Gasteiger partial charge in [-0.3, -0.25) is 0 Å². The third-order valence-electron chi connectivity index (χ3n) is 3.59. The summed E-state index contributed by atoms with van der Waals surface area (Å²) < 4.78 is 26.8. The van der Waals surface area contributed by atoms with Gasteiger partial charge in [0.05, 0.1) is 11.0 Å². The van der Waals surface area contributed by atoms with Gasteiger partial charge in [0.15, 0.2) is 0 Å². The molecule has 0 spiro atoms. The molecular formula is C17H22N2O3S. The van der Waals surface area contributed by atoms with E-state index in [1.807, 2.05) is 38.1 Å². The molecule has 124 valence electrons. The standard InChI is InChI=1S/C17H22N2O3S/c1-13-4-10-16(11-5-13)23(21,22)18-12-17(20)14-6-8-15(9-7-14)19(2)3/h4-11,17-18,20H,12H2,1-3H3. The number of nitrogens with one attached hydrogen (secondary N) is 1. The number of benzene rings is 2. The number of rotatable bonds is 6. The van der Waals surface area contributed by atoms with Crippen LogP contribution in [0, 0.1) is 6.92 Å². The molecule has 0 saturated carbocycles. The summed E-state index contributed by atoms with van der Waals surface area (Å²) in [4.78, 5) is 2.15. The maximum Gasteiger partial charge on any atom is 0.240 e. The molecule has 2 aromatic carbocycles. The Hall–Kier alpha value is -1.89. The highest BCUT2D eigenvalue weighted by Gasteiger charge is 2.16. The lowest BCUT2D eigenvalue weighted by Gasteiger charge is -2.16. The molecule has 1 unspecified atom stereocenters. The number of aliphatic hydroxyl groups is 1. The number of anilines is 1. The van der Waals surface area contributed by atoms with E-state index in [4.69, 9.17) is 0 Å². The molecule has 23 heavy (non-hydrogen) atoms. The zero-order valence-corrected chi connectivity index (χ0v) is 14.3. The van der Waals surface area contributed by atoms with E-state index in [1.165, 1.54) is 0 Å². The molecule has 0 heterocycles. The van der Waals surface area contributed by atoms with Crippen molar-refractivity contribution < 1.29 is 13.5 Å². The molecule has 0 radical (unpaired) electrons. The van der Waals surface area contributed by atoms with E-state index in [2.05, 4.69) is 4.72 Å². The fourth-order valence-electron chi connectivity index (χ4n) is 2.10. The van der Waals surface area contributed by atoms with Crippen molar-refractivity contribution in [2.24, 2.45) is 0 Å². The monoisotopic (exact) mass is 334 g/mol. The van der Waals surface area contributed by atoms with Gasteiger partial charge in [-0.25, -0.2) is 13.1 Å². The van der Waals surface area contributed by atoms with E-state index in [9.17, 15) is 13.5 Å². The number of nitrogens with zero attached hydrogens (tertiary/aromatic N) is 1. The summed E-state index contributed by atoms with van der Waals surface area (Å²) in [5, 5.41) is 10.2. The maximum atomic E-state index is 12.2. The topological polar surface area (TPSA) is 69.6 Å². The lowest BCUT2D eigenvalue weighted by atomic mass is 10.1. The largest absolute Gasteiger partial charge is 0.387 e. The summed E-state index contributed by atoms with van der Waals surface area (Å²) in [6, 6.07) is 13.9. The van der Waals surface area contributed by atoms with Crippen LogP contribution in [-0.2, 0) is 10.0 Å². The van der Waals surface area contributed by atoms with Crippen LogP contribution in [0.25, 0.3) is 0 Å². The summed E-state index contributed by atoms with van der Waals surface area (Å²) in [7, 11) is 0.243. The maximum absolute atomic E-state index is 12.2. The highest BCUT2D eigenvalue weighted by Crippen LogP contribution is 2.18. The lowest BCUT2D eigenvalue weighted by molar-refractivity contribution is 0.182. The smallest absolute Gasteiger partial charge is 0.240 e. The Kier molecular flexibility index (Phi) is 5.41. The first-order valence-corrected chi connectivity index (χ1v) is 8.79. The molecule has 0 amide bonds. The summed E-state index contributed by atoms with van der Waals surface area (Å²) in [6.07, 6.45) is -0.897. The SMILES string of the molecule is Cc1ccc(S(=O)(=O)NCC(O)c2ccc(N(C)C)cc2)cc1. The number of hydrogen-bond donors (Lipinski definition) is 2. The summed E-state index contributed by atoms with van der Waals surface area (Å²) >= 11 is 0. The zero-order valence-electron chi connectivity index (χ0n) is 13.5. The predicted octanol–water partition coefficient (Wildman–Crippen LogP) is 2.07. The Balaban J connectivity index is 2.03. The molecule has 5 nitrogen and oxygen atoms in total. The van der Waals surface area contributed by atoms with E-state index in [0.29, 0.717) is 5.56 Å². The predicted molar refractivity (Wildman–Crippen MR) is 92.1 cm³/mol. The molecule has 0 saturated heterocycles. The first kappa shape index (κ1) is 17.5. The van der Waals surface area contributed by atoms with Crippen LogP contribution in [0.3, 0.4) is 0 Å². The average molecular weight is 334 g/mol. The molecule has 0 aromatic heterocycles. The Morgan fingerprint density at radius 3 is 2.13 bits per heavy atom. The van der Waals surface area contributed by atoms with Crippen molar-refractivity contribution in [3.63, 3.8) is 0 Å². The quantitative estimate of drug-likeness (QED) is 0.848. The molecule has 1 atom stereocenters. The van der Waals surface area contributed by atoms with Crippen LogP contribution in [0.15, 0.2) is 53.4 Å². The first-order chi connectivity index (χ1) is 10.8. The van der Waals surface area contributed by atoms with Crippen molar-refractivity contribution in [1.82, 2.24) is 4.72 Å². The molecule has 0 bridgehead atoms. The number of aryl methyl sites for hydroxylation is 1. The lowest BCUT2D eigenvalue weighted by Crippen LogP contribution is -2.28. The van der Waals surface area contributed by atoms with Crippen LogP contribution in [0.2, 0.25) is 0 Å². The van der Waals surface area contributed by atoms with Crippen molar-refractivity contribution in [1.29, 1.82) is 0 Å². The number of hydrogen-bond acceptors (Lipinski definition) is 4. The summed E-state index contributed by atoms with van der Waals surface area (Å²) in [6.45, 7) is 1.82. The van der Waals surface area contributed by atoms with Gasteiger partial charge in [0.2, 0.25) is 10.0 Å². The van der Waals surface area contributed by atoms with Crippen LogP contribution >= 0.6 is 0 Å². The molecule has 2 N–H and O–H groups in total. The molecule has 6 heteroatoms. The second kappa shape index (κ2) is 7.12. The normalized spacial score (nSPS) is 12.9. The first-order valence-electron chi connectivity index (χ1n) is 7.31. The Morgan fingerprint density at radius 2 is 1.61 bits per heavy atom. The van der Waals surface area contributed by atoms with Gasteiger partial charge in [0.1, 0.15) is 0 Å². The highest BCUT2D eigenvalue weighted by molar-refractivity contribution is 7.89. The molecule has 0 aliphatic rings. The fourth-order valence-corrected chi connectivity index (χ4v) is 3.14. The minimum atomic E-state index is -3.62. The van der Waals surface area contributed by atoms with E-state index < -0.39 is 16.1 Å². The van der Waals surface area contributed by atoms with Gasteiger partial charge < -0.3 is 10.0 Å². The van der Waals surface area contributed by atoms with Crippen LogP contribution in [0.5, 0.6) is 0 Å². The van der Waals surface area contributed by atoms with Gasteiger partial charge in [0, 0.05) is 26.3 Å². The van der Waals surface area contributed by atoms with E-state index in [1.54, 1.807) is 36.4 Å². The van der Waals surface area contributed by atoms with Crippen LogP contribution in [-0.4, -0.2) is 34.2 Å². The second-order valence-corrected chi connectivity index (χ2v) is 7.43. The van der Waals surface area contributed by atoms with Gasteiger partial charge in [0.25, 0.3) is 0 Å². The molecular weight excluding hydrogens is 312 g/mol. The van der Waals surface area contributed by atoms with E-state index in [-0.39, 0.29) is 11.4 Å². The Morgan fingerprint density at radius 1 is 1.04 bits per heavy atom. The van der Waals surface area contributed by atoms with Crippen molar-refractivity contribution >= 4 is 15.7 Å². The van der Waals surface area contributed by atoms with Gasteiger partial charge in [-0.15, -0.1) is 0 Å². The average Bonchev–Trinajstić information content (AvgIpc) is 2.53. The van der Waals surface area contributed by atoms with Crippen LogP contribution in [0.1, 0.15) is 17.2 Å². The third kappa shape index (κ3) is 4.54. The van der Waals surface area contributed by atoms with Crippen molar-refractivity contribution in [2.45, 2.75) is 17.9 Å². The number of aliphatic hydroxyl groups excluding tert-OH is 1. The molecule has 0 aliphatic heterocycles. The van der Waals surface area contributed by atoms with Crippen molar-refractivity contribution in [3.05, 3.63) is 59.7 Å². The third-order valence-corrected chi connectivity index (χ3v) is 5.03. The Bertz CT molecular complexity index is 738. The highest BCUT2D eigenvalue weighted by atomic mass is 32.2. The minimum Gasteiger partial charge on any atom is -0.387 e. The molecule has 2 rings (SSSR count). The van der Waals surface area contributed by atoms with Gasteiger partial charge >= 0.3 is 0 Å². The minimum absolute atomic E-state index is 0.0719. The fraction of sp³-hybridized carbons (Fsp3) is 0.294. The van der Waals surface area contributed by atoms with Crippen molar-refractivity contribution in [3.8, 4) is 0 Å². The molecule has 0 aliphatic carbocycles. The summed E-state index contributed by atoms with van der Waals surface area (Å²) in [5.74, 6) is 0. The van der Waals surface area contributed by atoms with Crippen LogP contribution in [0.4, 0.5) is 5.69 Å². The zero-order chi connectivity index (χ0) is 17.0. The second-order valence-electron chi connectivity index (χ2n) is 5.67. The van der Waals surface area contributed by atoms with Crippen LogP contribution < -0.4 is 9.62 Å². The van der Waals surface area contributed by atoms with E-state index >= 15 is 0 Å². The van der Waals surface area contributed by atoms with E-state index in [0.717, 1.165) is 11.3 Å². The summed E-state index contributed by atoms with van der Waals surface area (Å²) in [5.41, 5.74) is 2.67. The number of sulfonamides is 1. The molecule has 0 fully saturated rings. The molecule has 2 aromatic rings. The Labute approximate surface area is 137 Å². The van der Waals surface area contributed by atoms with Gasteiger partial charge in [-0.2, -0.15) is 0 Å².